The van der Waals surface area contributed by atoms with Crippen molar-refractivity contribution in [1.29, 1.82) is 5.26 Å². The van der Waals surface area contributed by atoms with E-state index in [1.54, 1.807) is 7.05 Å². The summed E-state index contributed by atoms with van der Waals surface area (Å²) in [5.41, 5.74) is 6.84. The number of hydrogen-bond acceptors (Lipinski definition) is 4. The first-order chi connectivity index (χ1) is 14.5. The molecule has 0 aromatic heterocycles. The summed E-state index contributed by atoms with van der Waals surface area (Å²) >= 11 is 0. The van der Waals surface area contributed by atoms with Gasteiger partial charge in [-0.05, 0) is 76.1 Å². The van der Waals surface area contributed by atoms with Crippen molar-refractivity contribution >= 4 is 17.6 Å². The van der Waals surface area contributed by atoms with Crippen LogP contribution in [-0.4, -0.2) is 26.4 Å². The van der Waals surface area contributed by atoms with Gasteiger partial charge >= 0.3 is 0 Å². The van der Waals surface area contributed by atoms with Gasteiger partial charge in [-0.2, -0.15) is 5.26 Å². The Kier molecular flexibility index (Phi) is 9.41. The normalized spacial score (nSPS) is 19.0. The number of allylic oxidation sites excluding steroid dienone is 5. The molecule has 1 aliphatic heterocycles. The lowest BCUT2D eigenvalue weighted by molar-refractivity contribution is 0.578. The van der Waals surface area contributed by atoms with E-state index in [1.807, 2.05) is 32.2 Å². The van der Waals surface area contributed by atoms with Crippen LogP contribution >= 0.6 is 0 Å². The van der Waals surface area contributed by atoms with E-state index < -0.39 is 0 Å². The van der Waals surface area contributed by atoms with Gasteiger partial charge in [-0.3, -0.25) is 4.99 Å². The van der Waals surface area contributed by atoms with Gasteiger partial charge in [0.2, 0.25) is 0 Å². The molecule has 160 valence electrons. The highest BCUT2D eigenvalue weighted by atomic mass is 15.1. The zero-order chi connectivity index (χ0) is 21.9. The predicted octanol–water partition coefficient (Wildman–Crippen LogP) is 6.42. The number of aryl methyl sites for hydroxylation is 1. The molecule has 1 unspecified atom stereocenters. The number of piperidine rings is 1. The summed E-state index contributed by atoms with van der Waals surface area (Å²) in [7, 11) is 1.77. The molecule has 1 heterocycles. The molecule has 1 saturated heterocycles. The summed E-state index contributed by atoms with van der Waals surface area (Å²) < 4.78 is 0. The third-order valence-electron chi connectivity index (χ3n) is 5.68. The van der Waals surface area contributed by atoms with Gasteiger partial charge in [0.1, 0.15) is 0 Å². The maximum absolute atomic E-state index is 9.03. The highest BCUT2D eigenvalue weighted by Gasteiger charge is 2.21. The number of nitrogens with zero attached hydrogens (tertiary/aromatic N) is 3. The van der Waals surface area contributed by atoms with E-state index in [0.29, 0.717) is 5.92 Å². The van der Waals surface area contributed by atoms with E-state index >= 15 is 0 Å². The second-order valence-corrected chi connectivity index (χ2v) is 8.12. The molecule has 3 rings (SSSR count). The molecule has 1 N–H and O–H groups in total. The van der Waals surface area contributed by atoms with Gasteiger partial charge in [-0.25, -0.2) is 0 Å². The third kappa shape index (κ3) is 6.91. The van der Waals surface area contributed by atoms with Crippen molar-refractivity contribution in [2.45, 2.75) is 52.9 Å². The van der Waals surface area contributed by atoms with Gasteiger partial charge < -0.3 is 10.2 Å². The van der Waals surface area contributed by atoms with Crippen molar-refractivity contribution < 1.29 is 0 Å². The molecular formula is C26H36N4. The third-order valence-corrected chi connectivity index (χ3v) is 5.68. The van der Waals surface area contributed by atoms with Crippen LogP contribution in [0.3, 0.4) is 0 Å². The average molecular weight is 405 g/mol. The molecule has 4 nitrogen and oxygen atoms in total. The number of rotatable bonds is 5. The van der Waals surface area contributed by atoms with Crippen LogP contribution in [0.5, 0.6) is 0 Å². The first-order valence-electron chi connectivity index (χ1n) is 10.9. The van der Waals surface area contributed by atoms with Crippen molar-refractivity contribution in [2.75, 3.05) is 30.4 Å². The molecule has 0 saturated carbocycles. The monoisotopic (exact) mass is 404 g/mol. The lowest BCUT2D eigenvalue weighted by Gasteiger charge is -2.31. The van der Waals surface area contributed by atoms with E-state index in [9.17, 15) is 0 Å². The van der Waals surface area contributed by atoms with E-state index in [0.717, 1.165) is 42.9 Å². The molecule has 4 heteroatoms. The maximum Gasteiger partial charge on any atom is 0.0943 e. The van der Waals surface area contributed by atoms with Crippen molar-refractivity contribution in [3.8, 4) is 6.07 Å². The topological polar surface area (TPSA) is 51.4 Å². The Labute approximate surface area is 182 Å². The molecule has 0 amide bonds. The van der Waals surface area contributed by atoms with Crippen molar-refractivity contribution in [3.05, 3.63) is 59.3 Å². The van der Waals surface area contributed by atoms with Gasteiger partial charge in [-0.1, -0.05) is 24.8 Å². The van der Waals surface area contributed by atoms with Crippen molar-refractivity contribution in [1.82, 2.24) is 0 Å². The van der Waals surface area contributed by atoms with Crippen molar-refractivity contribution in [3.63, 3.8) is 0 Å². The van der Waals surface area contributed by atoms with Gasteiger partial charge in [0.25, 0.3) is 0 Å². The molecule has 0 bridgehead atoms. The van der Waals surface area contributed by atoms with Gasteiger partial charge in [0, 0.05) is 43.5 Å². The first-order valence-corrected chi connectivity index (χ1v) is 10.9. The SMILES string of the molecule is C/C=C(/C)C=NC.C=C(Nc1ccc(C)cc1N1CCCCC1)C1CC=C(C#N)C1. The maximum atomic E-state index is 9.03. The van der Waals surface area contributed by atoms with Crippen LogP contribution in [0.25, 0.3) is 0 Å². The largest absolute Gasteiger partial charge is 0.370 e. The number of hydrogen-bond donors (Lipinski definition) is 1. The fraction of sp³-hybridized carbons (Fsp3) is 0.462. The highest BCUT2D eigenvalue weighted by molar-refractivity contribution is 5.77. The van der Waals surface area contributed by atoms with Crippen LogP contribution in [0.15, 0.2) is 58.8 Å². The Bertz CT molecular complexity index is 848. The lowest BCUT2D eigenvalue weighted by atomic mass is 10.0. The molecule has 1 aliphatic carbocycles. The number of benzene rings is 1. The molecule has 0 spiro atoms. The smallest absolute Gasteiger partial charge is 0.0943 e. The van der Waals surface area contributed by atoms with Gasteiger partial charge in [0.15, 0.2) is 0 Å². The molecule has 1 fully saturated rings. The Morgan fingerprint density at radius 2 is 2.03 bits per heavy atom. The number of nitrogens with one attached hydrogen (secondary N) is 1. The van der Waals surface area contributed by atoms with E-state index in [-0.39, 0.29) is 0 Å². The minimum Gasteiger partial charge on any atom is -0.370 e. The molecule has 1 aromatic rings. The minimum absolute atomic E-state index is 0.333. The summed E-state index contributed by atoms with van der Waals surface area (Å²) in [6, 6.07) is 8.85. The van der Waals surface area contributed by atoms with Crippen LogP contribution in [0.2, 0.25) is 0 Å². The zero-order valence-corrected chi connectivity index (χ0v) is 19.0. The molecule has 1 aromatic carbocycles. The van der Waals surface area contributed by atoms with Crippen LogP contribution < -0.4 is 10.2 Å². The van der Waals surface area contributed by atoms with Gasteiger partial charge in [0.05, 0.1) is 17.4 Å². The van der Waals surface area contributed by atoms with E-state index in [1.165, 1.54) is 36.1 Å². The van der Waals surface area contributed by atoms with Crippen LogP contribution in [-0.2, 0) is 0 Å². The molecule has 2 aliphatic rings. The number of anilines is 2. The van der Waals surface area contributed by atoms with E-state index in [2.05, 4.69) is 53.0 Å². The summed E-state index contributed by atoms with van der Waals surface area (Å²) in [6.07, 6.45) is 11.5. The fourth-order valence-electron chi connectivity index (χ4n) is 3.77. The van der Waals surface area contributed by atoms with E-state index in [4.69, 9.17) is 5.26 Å². The molecular weight excluding hydrogens is 368 g/mol. The highest BCUT2D eigenvalue weighted by Crippen LogP contribution is 2.34. The minimum atomic E-state index is 0.333. The van der Waals surface area contributed by atoms with Crippen molar-refractivity contribution in [2.24, 2.45) is 10.9 Å². The molecule has 0 radical (unpaired) electrons. The summed E-state index contributed by atoms with van der Waals surface area (Å²) in [4.78, 5) is 6.30. The second-order valence-electron chi connectivity index (χ2n) is 8.12. The van der Waals surface area contributed by atoms with Gasteiger partial charge in [-0.15, -0.1) is 0 Å². The Balaban J connectivity index is 0.000000396. The Morgan fingerprint density at radius 1 is 1.30 bits per heavy atom. The standard InChI is InChI=1S/C20H25N3.C6H11N/c1-15-6-9-19(20(12-15)23-10-4-3-5-11-23)22-16(2)18-8-7-17(13-18)14-21;1-4-6(2)5-7-3/h6-7,9,12,18,22H,2-5,8,10-11,13H2,1H3;4-5H,1-3H3/b;6-4-,7-5?. The van der Waals surface area contributed by atoms with Crippen LogP contribution in [0.1, 0.15) is 51.5 Å². The first kappa shape index (κ1) is 23.5. The Hall–Kier alpha value is -2.80. The summed E-state index contributed by atoms with van der Waals surface area (Å²) in [6.45, 7) is 12.7. The quantitative estimate of drug-likeness (QED) is 0.576. The zero-order valence-electron chi connectivity index (χ0n) is 19.0. The second kappa shape index (κ2) is 12.0. The predicted molar refractivity (Wildman–Crippen MR) is 130 cm³/mol. The number of aliphatic imine (C=N–C) groups is 1. The van der Waals surface area contributed by atoms with Crippen LogP contribution in [0, 0.1) is 24.2 Å². The van der Waals surface area contributed by atoms with Crippen LogP contribution in [0.4, 0.5) is 11.4 Å². The average Bonchev–Trinajstić information content (AvgIpc) is 3.26. The molecule has 1 atom stereocenters. The fourth-order valence-corrected chi connectivity index (χ4v) is 3.77. The summed E-state index contributed by atoms with van der Waals surface area (Å²) in [5.74, 6) is 0.333. The number of nitriles is 1. The lowest BCUT2D eigenvalue weighted by Crippen LogP contribution is -2.30. The molecule has 30 heavy (non-hydrogen) atoms. The Morgan fingerprint density at radius 3 is 2.60 bits per heavy atom. The summed E-state index contributed by atoms with van der Waals surface area (Å²) in [5, 5.41) is 12.6.